The Morgan fingerprint density at radius 1 is 0.795 bits per heavy atom. The highest BCUT2D eigenvalue weighted by Crippen LogP contribution is 2.55. The molecule has 206 valence electrons. The summed E-state index contributed by atoms with van der Waals surface area (Å²) in [7, 11) is 0. The molecule has 2 aliphatic carbocycles. The van der Waals surface area contributed by atoms with E-state index in [9.17, 15) is 10.5 Å². The van der Waals surface area contributed by atoms with Crippen LogP contribution >= 0.6 is 0 Å². The summed E-state index contributed by atoms with van der Waals surface area (Å²) in [6.07, 6.45) is 7.20. The quantitative estimate of drug-likeness (QED) is 0.183. The van der Waals surface area contributed by atoms with Gasteiger partial charge in [0.2, 0.25) is 0 Å². The van der Waals surface area contributed by atoms with Crippen LogP contribution in [0.3, 0.4) is 0 Å². The zero-order valence-corrected chi connectivity index (χ0v) is 23.8. The Kier molecular flexibility index (Phi) is 4.42. The van der Waals surface area contributed by atoms with Crippen LogP contribution in [0, 0.1) is 40.4 Å². The summed E-state index contributed by atoms with van der Waals surface area (Å²) in [5, 5.41) is 25.6. The number of benzene rings is 4. The average molecular weight is 566 g/mol. The summed E-state index contributed by atoms with van der Waals surface area (Å²) in [6, 6.07) is 29.7. The molecule has 0 amide bonds. The molecule has 0 saturated carbocycles. The Labute approximate surface area is 251 Å². The maximum Gasteiger partial charge on any atom is 0.178 e. The molecule has 0 saturated heterocycles. The number of fused-ring (bicyclic) bond motifs is 15. The van der Waals surface area contributed by atoms with Gasteiger partial charge in [-0.15, -0.1) is 0 Å². The van der Waals surface area contributed by atoms with Gasteiger partial charge in [-0.3, -0.25) is 0 Å². The molecular formula is C39H23N3O2. The number of hydrogen-bond donors (Lipinski definition) is 0. The van der Waals surface area contributed by atoms with Crippen LogP contribution in [0.25, 0.3) is 72.1 Å². The molecule has 5 nitrogen and oxygen atoms in total. The minimum Gasteiger partial charge on any atom is -0.452 e. The average Bonchev–Trinajstić information content (AvgIpc) is 3.70. The molecular weight excluding hydrogens is 542 g/mol. The standard InChI is InChI=1S/C39H23N3O2/c1-20-12-21(18-40)15-33-36(20)29-16-28-26-11-10-25-24-7-3-5-9-34(24)43-38(25)39(26)44-35(28)17-27(29)31-14-22(19-41)13-30-23-6-2-4-8-32(23)42(33)37(30)31/h2-15,17,20,29,36H,16H2,1H3. The van der Waals surface area contributed by atoms with Crippen LogP contribution in [0.2, 0.25) is 0 Å². The molecule has 3 aliphatic rings. The number of furan rings is 2. The van der Waals surface area contributed by atoms with E-state index in [1.807, 2.05) is 30.3 Å². The summed E-state index contributed by atoms with van der Waals surface area (Å²) < 4.78 is 15.4. The highest BCUT2D eigenvalue weighted by Gasteiger charge is 2.42. The van der Waals surface area contributed by atoms with Crippen LogP contribution in [-0.2, 0) is 6.42 Å². The maximum absolute atomic E-state index is 10.1. The van der Waals surface area contributed by atoms with Crippen LogP contribution in [0.1, 0.15) is 29.4 Å². The van der Waals surface area contributed by atoms with Crippen molar-refractivity contribution in [1.29, 1.82) is 10.5 Å². The molecule has 7 aromatic rings. The van der Waals surface area contributed by atoms with Crippen molar-refractivity contribution < 1.29 is 8.83 Å². The molecule has 3 atom stereocenters. The Morgan fingerprint density at radius 2 is 1.59 bits per heavy atom. The van der Waals surface area contributed by atoms with E-state index in [-0.39, 0.29) is 17.8 Å². The number of para-hydroxylation sites is 2. The third kappa shape index (κ3) is 2.87. The van der Waals surface area contributed by atoms with Gasteiger partial charge >= 0.3 is 0 Å². The normalized spacial score (nSPS) is 20.4. The summed E-state index contributed by atoms with van der Waals surface area (Å²) in [5.41, 5.74) is 10.5. The highest BCUT2D eigenvalue weighted by molar-refractivity contribution is 6.17. The van der Waals surface area contributed by atoms with Gasteiger partial charge in [0.25, 0.3) is 0 Å². The molecule has 0 N–H and O–H groups in total. The van der Waals surface area contributed by atoms with Crippen LogP contribution in [0.5, 0.6) is 0 Å². The van der Waals surface area contributed by atoms with Crippen molar-refractivity contribution in [2.45, 2.75) is 13.3 Å². The highest BCUT2D eigenvalue weighted by atomic mass is 16.4. The third-order valence-electron chi connectivity index (χ3n) is 10.1. The Bertz CT molecular complexity index is 2640. The number of allylic oxidation sites excluding steroid dienone is 5. The van der Waals surface area contributed by atoms with E-state index in [2.05, 4.69) is 84.3 Å². The van der Waals surface area contributed by atoms with E-state index in [4.69, 9.17) is 8.83 Å². The first-order chi connectivity index (χ1) is 21.6. The Morgan fingerprint density at radius 3 is 2.45 bits per heavy atom. The number of rotatable bonds is 0. The zero-order valence-electron chi connectivity index (χ0n) is 23.8. The molecule has 3 aromatic heterocycles. The largest absolute Gasteiger partial charge is 0.452 e. The van der Waals surface area contributed by atoms with Gasteiger partial charge in [-0.1, -0.05) is 49.4 Å². The predicted octanol–water partition coefficient (Wildman–Crippen LogP) is 9.60. The summed E-state index contributed by atoms with van der Waals surface area (Å²) >= 11 is 0. The van der Waals surface area contributed by atoms with Crippen molar-refractivity contribution in [1.82, 2.24) is 4.57 Å². The summed E-state index contributed by atoms with van der Waals surface area (Å²) in [6.45, 7) is 2.23. The van der Waals surface area contributed by atoms with Gasteiger partial charge in [0.15, 0.2) is 11.2 Å². The molecule has 5 heteroatoms. The monoisotopic (exact) mass is 565 g/mol. The van der Waals surface area contributed by atoms with Gasteiger partial charge in [0.1, 0.15) is 11.3 Å². The lowest BCUT2D eigenvalue weighted by molar-refractivity contribution is 0.399. The Hall–Kier alpha value is -5.78. The van der Waals surface area contributed by atoms with Crippen molar-refractivity contribution in [3.05, 3.63) is 113 Å². The number of nitriles is 2. The second kappa shape index (κ2) is 8.19. The van der Waals surface area contributed by atoms with Gasteiger partial charge < -0.3 is 13.4 Å². The van der Waals surface area contributed by atoms with Gasteiger partial charge in [-0.2, -0.15) is 10.5 Å². The second-order valence-corrected chi connectivity index (χ2v) is 12.3. The second-order valence-electron chi connectivity index (χ2n) is 12.3. The van der Waals surface area contributed by atoms with Crippen molar-refractivity contribution in [2.75, 3.05) is 0 Å². The van der Waals surface area contributed by atoms with Crippen LogP contribution in [-0.4, -0.2) is 4.57 Å². The van der Waals surface area contributed by atoms with E-state index in [0.29, 0.717) is 11.1 Å². The number of hydrogen-bond acceptors (Lipinski definition) is 4. The molecule has 1 aliphatic heterocycles. The molecule has 4 aromatic carbocycles. The topological polar surface area (TPSA) is 78.8 Å². The first kappa shape index (κ1) is 23.7. The van der Waals surface area contributed by atoms with Crippen molar-refractivity contribution >= 4 is 72.1 Å². The van der Waals surface area contributed by atoms with Gasteiger partial charge in [0.05, 0.1) is 34.3 Å². The molecule has 4 heterocycles. The van der Waals surface area contributed by atoms with E-state index < -0.39 is 0 Å². The molecule has 0 radical (unpaired) electrons. The minimum absolute atomic E-state index is 0.114. The molecule has 44 heavy (non-hydrogen) atoms. The number of nitrogens with zero attached hydrogens (tertiary/aromatic N) is 3. The first-order valence-electron chi connectivity index (χ1n) is 15.0. The Balaban J connectivity index is 1.33. The third-order valence-corrected chi connectivity index (χ3v) is 10.1. The smallest absolute Gasteiger partial charge is 0.178 e. The van der Waals surface area contributed by atoms with Gasteiger partial charge in [-0.25, -0.2) is 0 Å². The predicted molar refractivity (Wildman–Crippen MR) is 173 cm³/mol. The summed E-state index contributed by atoms with van der Waals surface area (Å²) in [5.74, 6) is 1.20. The van der Waals surface area contributed by atoms with E-state index in [0.717, 1.165) is 78.2 Å². The lowest BCUT2D eigenvalue weighted by Crippen LogP contribution is -2.29. The van der Waals surface area contributed by atoms with E-state index in [1.165, 1.54) is 11.1 Å². The van der Waals surface area contributed by atoms with E-state index in [1.54, 1.807) is 0 Å². The van der Waals surface area contributed by atoms with Crippen LogP contribution in [0.15, 0.2) is 99.4 Å². The SMILES string of the molecule is CC1C=C(C#N)C=C2C1C1Cc3c(oc4c3ccc3c5ccccc5oc34)C=C1c1cc(C#N)cc3c4ccccc4n2c13. The lowest BCUT2D eigenvalue weighted by atomic mass is 9.68. The molecule has 10 rings (SSSR count). The molecule has 0 spiro atoms. The molecule has 3 unspecified atom stereocenters. The fraction of sp³-hybridized carbons (Fsp3) is 0.128. The minimum atomic E-state index is 0.114. The van der Waals surface area contributed by atoms with Crippen LogP contribution < -0.4 is 0 Å². The van der Waals surface area contributed by atoms with Crippen molar-refractivity contribution in [3.8, 4) is 12.1 Å². The van der Waals surface area contributed by atoms with Crippen molar-refractivity contribution in [3.63, 3.8) is 0 Å². The van der Waals surface area contributed by atoms with Crippen LogP contribution in [0.4, 0.5) is 0 Å². The first-order valence-corrected chi connectivity index (χ1v) is 15.0. The van der Waals surface area contributed by atoms with Gasteiger partial charge in [-0.05, 0) is 72.4 Å². The molecule has 0 fully saturated rings. The van der Waals surface area contributed by atoms with Crippen molar-refractivity contribution in [2.24, 2.45) is 17.8 Å². The zero-order chi connectivity index (χ0) is 29.3. The maximum atomic E-state index is 10.1. The fourth-order valence-electron chi connectivity index (χ4n) is 8.38. The lowest BCUT2D eigenvalue weighted by Gasteiger charge is -2.36. The number of aromatic nitrogens is 1. The van der Waals surface area contributed by atoms with Gasteiger partial charge in [0, 0.05) is 49.7 Å². The fourth-order valence-corrected chi connectivity index (χ4v) is 8.38. The summed E-state index contributed by atoms with van der Waals surface area (Å²) in [4.78, 5) is 0. The van der Waals surface area contributed by atoms with E-state index >= 15 is 0 Å². The molecule has 0 bridgehead atoms.